The fraction of sp³-hybridized carbons (Fsp3) is 0.273. The number of amides is 2. The zero-order valence-electron chi connectivity index (χ0n) is 15.5. The zero-order chi connectivity index (χ0) is 19.3. The summed E-state index contributed by atoms with van der Waals surface area (Å²) in [5, 5.41) is 6.08. The molecule has 1 aliphatic rings. The number of ether oxygens (including phenoxy) is 1. The molecule has 4 rings (SSSR count). The van der Waals surface area contributed by atoms with Crippen molar-refractivity contribution in [2.75, 3.05) is 18.4 Å². The Kier molecular flexibility index (Phi) is 5.58. The molecule has 1 aliphatic heterocycles. The van der Waals surface area contributed by atoms with Crippen molar-refractivity contribution >= 4 is 39.1 Å². The van der Waals surface area contributed by atoms with Gasteiger partial charge in [0.25, 0.3) is 0 Å². The smallest absolute Gasteiger partial charge is 0.321 e. The Morgan fingerprint density at radius 3 is 2.54 bits per heavy atom. The molecule has 1 fully saturated rings. The van der Waals surface area contributed by atoms with Crippen LogP contribution in [0.2, 0.25) is 0 Å². The van der Waals surface area contributed by atoms with Gasteiger partial charge in [-0.15, -0.1) is 11.3 Å². The van der Waals surface area contributed by atoms with Gasteiger partial charge in [0.2, 0.25) is 0 Å². The number of para-hydroxylation sites is 1. The highest BCUT2D eigenvalue weighted by Gasteiger charge is 2.28. The molecule has 0 atom stereocenters. The summed E-state index contributed by atoms with van der Waals surface area (Å²) in [7, 11) is 0. The van der Waals surface area contributed by atoms with Gasteiger partial charge in [0.05, 0.1) is 5.92 Å². The van der Waals surface area contributed by atoms with E-state index in [1.807, 2.05) is 42.5 Å². The summed E-state index contributed by atoms with van der Waals surface area (Å²) < 4.78 is 6.77. The highest BCUT2D eigenvalue weighted by Crippen LogP contribution is 2.27. The summed E-state index contributed by atoms with van der Waals surface area (Å²) in [5.74, 6) is -0.316. The lowest BCUT2D eigenvalue weighted by Crippen LogP contribution is -2.42. The number of benzene rings is 2. The number of anilines is 1. The van der Waals surface area contributed by atoms with Crippen LogP contribution >= 0.6 is 11.3 Å². The second kappa shape index (κ2) is 8.44. The van der Waals surface area contributed by atoms with Gasteiger partial charge in [0.1, 0.15) is 6.61 Å². The largest absolute Gasteiger partial charge is 0.461 e. The zero-order valence-corrected chi connectivity index (χ0v) is 16.3. The molecule has 28 heavy (non-hydrogen) atoms. The number of esters is 1. The number of nitrogens with zero attached hydrogens (tertiary/aromatic N) is 1. The predicted octanol–water partition coefficient (Wildman–Crippen LogP) is 4.89. The summed E-state index contributed by atoms with van der Waals surface area (Å²) in [6, 6.07) is 17.4. The molecule has 6 heteroatoms. The van der Waals surface area contributed by atoms with Crippen molar-refractivity contribution in [1.82, 2.24) is 4.90 Å². The van der Waals surface area contributed by atoms with Crippen LogP contribution in [0.25, 0.3) is 10.1 Å². The molecule has 1 aromatic heterocycles. The average Bonchev–Trinajstić information content (AvgIpc) is 3.16. The Labute approximate surface area is 167 Å². The molecule has 0 aliphatic carbocycles. The van der Waals surface area contributed by atoms with Gasteiger partial charge in [-0.2, -0.15) is 0 Å². The second-order valence-corrected chi connectivity index (χ2v) is 7.83. The van der Waals surface area contributed by atoms with Crippen LogP contribution in [0.15, 0.2) is 60.0 Å². The van der Waals surface area contributed by atoms with Crippen LogP contribution < -0.4 is 5.32 Å². The third-order valence-corrected chi connectivity index (χ3v) is 6.08. The number of fused-ring (bicyclic) bond motifs is 1. The van der Waals surface area contributed by atoms with Crippen molar-refractivity contribution in [3.8, 4) is 0 Å². The van der Waals surface area contributed by atoms with Crippen LogP contribution in [-0.2, 0) is 16.1 Å². The third kappa shape index (κ3) is 4.17. The maximum Gasteiger partial charge on any atom is 0.321 e. The number of hydrogen-bond donors (Lipinski definition) is 1. The maximum absolute atomic E-state index is 12.5. The number of nitrogens with one attached hydrogen (secondary N) is 1. The van der Waals surface area contributed by atoms with E-state index >= 15 is 0 Å². The molecular weight excluding hydrogens is 372 g/mol. The number of carbonyl (C=O) groups excluding carboxylic acids is 2. The summed E-state index contributed by atoms with van der Waals surface area (Å²) in [4.78, 5) is 26.6. The molecule has 2 aromatic carbocycles. The van der Waals surface area contributed by atoms with E-state index in [0.29, 0.717) is 32.5 Å². The van der Waals surface area contributed by atoms with E-state index in [1.54, 1.807) is 16.2 Å². The SMILES string of the molecule is O=C(OCc1csc2ccccc12)C1CCN(C(=O)Nc2ccccc2)CC1. The first-order valence-electron chi connectivity index (χ1n) is 9.43. The van der Waals surface area contributed by atoms with Crippen molar-refractivity contribution in [3.63, 3.8) is 0 Å². The summed E-state index contributed by atoms with van der Waals surface area (Å²) >= 11 is 1.66. The van der Waals surface area contributed by atoms with Crippen molar-refractivity contribution in [2.45, 2.75) is 19.4 Å². The molecule has 0 saturated carbocycles. The maximum atomic E-state index is 12.5. The van der Waals surface area contributed by atoms with E-state index in [-0.39, 0.29) is 17.9 Å². The van der Waals surface area contributed by atoms with Gasteiger partial charge >= 0.3 is 12.0 Å². The molecule has 0 radical (unpaired) electrons. The first-order valence-corrected chi connectivity index (χ1v) is 10.3. The summed E-state index contributed by atoms with van der Waals surface area (Å²) in [6.45, 7) is 1.41. The molecule has 1 N–H and O–H groups in total. The summed E-state index contributed by atoms with van der Waals surface area (Å²) in [6.07, 6.45) is 1.26. The number of carbonyl (C=O) groups is 2. The number of hydrogen-bond acceptors (Lipinski definition) is 4. The highest BCUT2D eigenvalue weighted by atomic mass is 32.1. The lowest BCUT2D eigenvalue weighted by molar-refractivity contribution is -0.151. The van der Waals surface area contributed by atoms with Gasteiger partial charge < -0.3 is 15.0 Å². The van der Waals surface area contributed by atoms with E-state index in [4.69, 9.17) is 4.74 Å². The Hall–Kier alpha value is -2.86. The third-order valence-electron chi connectivity index (χ3n) is 5.07. The second-order valence-electron chi connectivity index (χ2n) is 6.92. The predicted molar refractivity (Wildman–Crippen MR) is 111 cm³/mol. The lowest BCUT2D eigenvalue weighted by atomic mass is 9.97. The van der Waals surface area contributed by atoms with Crippen LogP contribution in [0.4, 0.5) is 10.5 Å². The van der Waals surface area contributed by atoms with Gasteiger partial charge in [0, 0.05) is 29.0 Å². The first-order chi connectivity index (χ1) is 13.7. The van der Waals surface area contributed by atoms with E-state index < -0.39 is 0 Å². The number of rotatable bonds is 4. The molecule has 0 unspecified atom stereocenters. The minimum atomic E-state index is -0.168. The normalized spacial score (nSPS) is 14.8. The fourth-order valence-electron chi connectivity index (χ4n) is 3.45. The van der Waals surface area contributed by atoms with Gasteiger partial charge in [-0.3, -0.25) is 4.79 Å². The molecule has 2 amide bonds. The molecule has 2 heterocycles. The highest BCUT2D eigenvalue weighted by molar-refractivity contribution is 7.17. The molecular formula is C22H22N2O3S. The van der Waals surface area contributed by atoms with Gasteiger partial charge in [-0.05, 0) is 41.8 Å². The lowest BCUT2D eigenvalue weighted by Gasteiger charge is -2.31. The molecule has 0 bridgehead atoms. The minimum absolute atomic E-state index is 0.122. The Morgan fingerprint density at radius 1 is 1.04 bits per heavy atom. The van der Waals surface area contributed by atoms with E-state index in [0.717, 1.165) is 16.6 Å². The fourth-order valence-corrected chi connectivity index (χ4v) is 4.40. The van der Waals surface area contributed by atoms with Gasteiger partial charge in [0.15, 0.2) is 0 Å². The average molecular weight is 394 g/mol. The number of piperidine rings is 1. The van der Waals surface area contributed by atoms with Crippen LogP contribution in [0.5, 0.6) is 0 Å². The molecule has 144 valence electrons. The van der Waals surface area contributed by atoms with Crippen molar-refractivity contribution in [2.24, 2.45) is 5.92 Å². The van der Waals surface area contributed by atoms with Crippen molar-refractivity contribution in [3.05, 3.63) is 65.5 Å². The monoisotopic (exact) mass is 394 g/mol. The quantitative estimate of drug-likeness (QED) is 0.641. The molecule has 5 nitrogen and oxygen atoms in total. The minimum Gasteiger partial charge on any atom is -0.461 e. The van der Waals surface area contributed by atoms with Crippen LogP contribution in [-0.4, -0.2) is 30.0 Å². The van der Waals surface area contributed by atoms with Crippen molar-refractivity contribution in [1.29, 1.82) is 0 Å². The standard InChI is InChI=1S/C22H22N2O3S/c25-21(27-14-17-15-28-20-9-5-4-8-19(17)20)16-10-12-24(13-11-16)22(26)23-18-6-2-1-3-7-18/h1-9,15-16H,10-14H2,(H,23,26). The Morgan fingerprint density at radius 2 is 1.75 bits per heavy atom. The van der Waals surface area contributed by atoms with Crippen LogP contribution in [0.1, 0.15) is 18.4 Å². The number of likely N-dealkylation sites (tertiary alicyclic amines) is 1. The molecule has 0 spiro atoms. The molecule has 1 saturated heterocycles. The number of urea groups is 1. The van der Waals surface area contributed by atoms with Crippen LogP contribution in [0, 0.1) is 5.92 Å². The van der Waals surface area contributed by atoms with Gasteiger partial charge in [-0.1, -0.05) is 36.4 Å². The van der Waals surface area contributed by atoms with Crippen LogP contribution in [0.3, 0.4) is 0 Å². The molecule has 3 aromatic rings. The topological polar surface area (TPSA) is 58.6 Å². The van der Waals surface area contributed by atoms with Gasteiger partial charge in [-0.25, -0.2) is 4.79 Å². The Bertz CT molecular complexity index is 962. The van der Waals surface area contributed by atoms with E-state index in [2.05, 4.69) is 22.8 Å². The number of thiophene rings is 1. The summed E-state index contributed by atoms with van der Waals surface area (Å²) in [5.41, 5.74) is 1.82. The van der Waals surface area contributed by atoms with E-state index in [1.165, 1.54) is 4.70 Å². The van der Waals surface area contributed by atoms with E-state index in [9.17, 15) is 9.59 Å². The first kappa shape index (κ1) is 18.5. The van der Waals surface area contributed by atoms with Crippen molar-refractivity contribution < 1.29 is 14.3 Å². The Balaban J connectivity index is 1.26.